The molecule has 3 nitrogen and oxygen atoms in total. The normalized spacial score (nSPS) is 19.5. The second-order valence-corrected chi connectivity index (χ2v) is 6.27. The number of thiophene rings is 1. The number of benzene rings is 1. The second-order valence-electron chi connectivity index (χ2n) is 4.78. The van der Waals surface area contributed by atoms with Crippen molar-refractivity contribution < 1.29 is 4.79 Å². The van der Waals surface area contributed by atoms with Crippen molar-refractivity contribution in [3.05, 3.63) is 34.2 Å². The SMILES string of the molecule is O=C(N[C@@H]1CCCNC1)c1cc2c(Cl)cccc2s1. The molecule has 19 heavy (non-hydrogen) atoms. The summed E-state index contributed by atoms with van der Waals surface area (Å²) in [5.41, 5.74) is 0. The second kappa shape index (κ2) is 5.49. The Bertz CT molecular complexity index is 605. The third-order valence-corrected chi connectivity index (χ3v) is 4.79. The van der Waals surface area contributed by atoms with Crippen molar-refractivity contribution in [2.75, 3.05) is 13.1 Å². The van der Waals surface area contributed by atoms with Gasteiger partial charge in [0, 0.05) is 27.7 Å². The molecule has 0 spiro atoms. The molecule has 0 aliphatic carbocycles. The highest BCUT2D eigenvalue weighted by Gasteiger charge is 2.18. The van der Waals surface area contributed by atoms with E-state index in [9.17, 15) is 4.79 Å². The minimum atomic E-state index is 0.00552. The van der Waals surface area contributed by atoms with Gasteiger partial charge in [-0.1, -0.05) is 17.7 Å². The van der Waals surface area contributed by atoms with Crippen molar-refractivity contribution in [2.24, 2.45) is 0 Å². The number of rotatable bonds is 2. The first-order chi connectivity index (χ1) is 9.24. The van der Waals surface area contributed by atoms with Gasteiger partial charge in [0.25, 0.3) is 5.91 Å². The molecule has 1 aliphatic heterocycles. The van der Waals surface area contributed by atoms with E-state index < -0.39 is 0 Å². The van der Waals surface area contributed by atoms with Crippen LogP contribution in [0.5, 0.6) is 0 Å². The molecule has 1 atom stereocenters. The monoisotopic (exact) mass is 294 g/mol. The predicted octanol–water partition coefficient (Wildman–Crippen LogP) is 3.04. The van der Waals surface area contributed by atoms with Crippen LogP contribution in [0.25, 0.3) is 10.1 Å². The summed E-state index contributed by atoms with van der Waals surface area (Å²) in [4.78, 5) is 13.0. The van der Waals surface area contributed by atoms with Crippen LogP contribution in [0.15, 0.2) is 24.3 Å². The van der Waals surface area contributed by atoms with Crippen LogP contribution < -0.4 is 10.6 Å². The van der Waals surface area contributed by atoms with Crippen LogP contribution in [0, 0.1) is 0 Å². The zero-order valence-corrected chi connectivity index (χ0v) is 12.0. The molecule has 1 saturated heterocycles. The molecule has 1 aromatic heterocycles. The summed E-state index contributed by atoms with van der Waals surface area (Å²) in [5.74, 6) is 0.00552. The van der Waals surface area contributed by atoms with E-state index in [4.69, 9.17) is 11.6 Å². The Labute approximate surface area is 121 Å². The number of nitrogens with one attached hydrogen (secondary N) is 2. The van der Waals surface area contributed by atoms with Crippen LogP contribution in [-0.2, 0) is 0 Å². The lowest BCUT2D eigenvalue weighted by Crippen LogP contribution is -2.45. The number of halogens is 1. The average molecular weight is 295 g/mol. The molecule has 2 N–H and O–H groups in total. The summed E-state index contributed by atoms with van der Waals surface area (Å²) in [6.07, 6.45) is 2.16. The lowest BCUT2D eigenvalue weighted by Gasteiger charge is -2.23. The van der Waals surface area contributed by atoms with Gasteiger partial charge in [-0.25, -0.2) is 0 Å². The molecule has 1 aromatic carbocycles. The molecule has 0 radical (unpaired) electrons. The van der Waals surface area contributed by atoms with Gasteiger partial charge in [0.2, 0.25) is 0 Å². The number of carbonyl (C=O) groups excluding carboxylic acids is 1. The molecule has 0 bridgehead atoms. The first-order valence-corrected chi connectivity index (χ1v) is 7.63. The fourth-order valence-electron chi connectivity index (χ4n) is 2.37. The Morgan fingerprint density at radius 1 is 1.47 bits per heavy atom. The number of amides is 1. The number of carbonyl (C=O) groups is 1. The molecule has 1 fully saturated rings. The lowest BCUT2D eigenvalue weighted by atomic mass is 10.1. The van der Waals surface area contributed by atoms with Gasteiger partial charge in [-0.2, -0.15) is 0 Å². The Balaban J connectivity index is 1.79. The minimum Gasteiger partial charge on any atom is -0.347 e. The van der Waals surface area contributed by atoms with Gasteiger partial charge in [0.05, 0.1) is 4.88 Å². The van der Waals surface area contributed by atoms with E-state index in [1.54, 1.807) is 0 Å². The van der Waals surface area contributed by atoms with Crippen molar-refractivity contribution in [3.63, 3.8) is 0 Å². The molecule has 1 aliphatic rings. The standard InChI is InChI=1S/C14H15ClN2OS/c15-11-4-1-5-12-10(11)7-13(19-12)14(18)17-9-3-2-6-16-8-9/h1,4-5,7,9,16H,2-3,6,8H2,(H,17,18)/t9-/m1/s1. The van der Waals surface area contributed by atoms with E-state index in [0.29, 0.717) is 5.02 Å². The van der Waals surface area contributed by atoms with Crippen LogP contribution in [-0.4, -0.2) is 25.0 Å². The zero-order chi connectivity index (χ0) is 13.2. The maximum atomic E-state index is 12.2. The third-order valence-electron chi connectivity index (χ3n) is 3.36. The first kappa shape index (κ1) is 12.9. The van der Waals surface area contributed by atoms with Gasteiger partial charge in [-0.15, -0.1) is 11.3 Å². The molecule has 2 aromatic rings. The maximum Gasteiger partial charge on any atom is 0.261 e. The summed E-state index contributed by atoms with van der Waals surface area (Å²) in [6, 6.07) is 7.87. The van der Waals surface area contributed by atoms with Crippen LogP contribution in [0.1, 0.15) is 22.5 Å². The van der Waals surface area contributed by atoms with Crippen molar-refractivity contribution in [1.82, 2.24) is 10.6 Å². The molecule has 0 saturated carbocycles. The largest absolute Gasteiger partial charge is 0.347 e. The van der Waals surface area contributed by atoms with E-state index >= 15 is 0 Å². The first-order valence-electron chi connectivity index (χ1n) is 6.44. The molecular weight excluding hydrogens is 280 g/mol. The summed E-state index contributed by atoms with van der Waals surface area (Å²) >= 11 is 7.62. The summed E-state index contributed by atoms with van der Waals surface area (Å²) in [6.45, 7) is 1.91. The summed E-state index contributed by atoms with van der Waals surface area (Å²) in [7, 11) is 0. The van der Waals surface area contributed by atoms with Gasteiger partial charge >= 0.3 is 0 Å². The van der Waals surface area contributed by atoms with Gasteiger partial charge in [0.1, 0.15) is 0 Å². The highest BCUT2D eigenvalue weighted by atomic mass is 35.5. The Hall–Kier alpha value is -1.10. The Kier molecular flexibility index (Phi) is 3.73. The van der Waals surface area contributed by atoms with Gasteiger partial charge < -0.3 is 10.6 Å². The lowest BCUT2D eigenvalue weighted by molar-refractivity contribution is 0.0935. The van der Waals surface area contributed by atoms with Crippen LogP contribution in [0.3, 0.4) is 0 Å². The Morgan fingerprint density at radius 2 is 2.37 bits per heavy atom. The molecule has 0 unspecified atom stereocenters. The van der Waals surface area contributed by atoms with Crippen LogP contribution in [0.4, 0.5) is 0 Å². The van der Waals surface area contributed by atoms with E-state index in [2.05, 4.69) is 10.6 Å². The number of fused-ring (bicyclic) bond motifs is 1. The molecule has 3 rings (SSSR count). The van der Waals surface area contributed by atoms with E-state index in [1.165, 1.54) is 11.3 Å². The van der Waals surface area contributed by atoms with Crippen molar-refractivity contribution in [2.45, 2.75) is 18.9 Å². The Morgan fingerprint density at radius 3 is 3.11 bits per heavy atom. The zero-order valence-electron chi connectivity index (χ0n) is 10.4. The summed E-state index contributed by atoms with van der Waals surface area (Å²) in [5, 5.41) is 8.04. The highest BCUT2D eigenvalue weighted by Crippen LogP contribution is 2.31. The van der Waals surface area contributed by atoms with Crippen LogP contribution >= 0.6 is 22.9 Å². The predicted molar refractivity (Wildman–Crippen MR) is 80.2 cm³/mol. The van der Waals surface area contributed by atoms with Gasteiger partial charge in [-0.3, -0.25) is 4.79 Å². The highest BCUT2D eigenvalue weighted by molar-refractivity contribution is 7.20. The number of hydrogen-bond donors (Lipinski definition) is 2. The molecule has 2 heterocycles. The molecule has 100 valence electrons. The van der Waals surface area contributed by atoms with Gasteiger partial charge in [0.15, 0.2) is 0 Å². The fraction of sp³-hybridized carbons (Fsp3) is 0.357. The quantitative estimate of drug-likeness (QED) is 0.894. The smallest absolute Gasteiger partial charge is 0.261 e. The van der Waals surface area contributed by atoms with Crippen LogP contribution in [0.2, 0.25) is 5.02 Å². The summed E-state index contributed by atoms with van der Waals surface area (Å²) < 4.78 is 1.06. The van der Waals surface area contributed by atoms with E-state index in [-0.39, 0.29) is 11.9 Å². The minimum absolute atomic E-state index is 0.00552. The number of piperidine rings is 1. The molecule has 1 amide bonds. The molecule has 5 heteroatoms. The molecular formula is C14H15ClN2OS. The van der Waals surface area contributed by atoms with Crippen molar-refractivity contribution in [3.8, 4) is 0 Å². The van der Waals surface area contributed by atoms with E-state index in [1.807, 2.05) is 24.3 Å². The topological polar surface area (TPSA) is 41.1 Å². The van der Waals surface area contributed by atoms with Crippen molar-refractivity contribution >= 4 is 38.9 Å². The third kappa shape index (κ3) is 2.76. The maximum absolute atomic E-state index is 12.2. The fourth-order valence-corrected chi connectivity index (χ4v) is 3.64. The number of hydrogen-bond acceptors (Lipinski definition) is 3. The van der Waals surface area contributed by atoms with Crippen molar-refractivity contribution in [1.29, 1.82) is 0 Å². The van der Waals surface area contributed by atoms with Gasteiger partial charge in [-0.05, 0) is 37.6 Å². The van der Waals surface area contributed by atoms with E-state index in [0.717, 1.165) is 40.9 Å². The average Bonchev–Trinajstić information content (AvgIpc) is 2.85.